The fraction of sp³-hybridized carbons (Fsp3) is 0.400. The van der Waals surface area contributed by atoms with Crippen LogP contribution in [0.3, 0.4) is 0 Å². The molecule has 5 nitrogen and oxygen atoms in total. The van der Waals surface area contributed by atoms with Crippen molar-refractivity contribution in [3.8, 4) is 5.75 Å². The van der Waals surface area contributed by atoms with Crippen molar-refractivity contribution in [2.45, 2.75) is 6.92 Å². The number of halogens is 2. The average Bonchev–Trinajstić information content (AvgIpc) is 2.26. The first-order chi connectivity index (χ1) is 7.95. The smallest absolute Gasteiger partial charge is 0.315 e. The quantitative estimate of drug-likeness (QED) is 0.669. The molecule has 0 amide bonds. The summed E-state index contributed by atoms with van der Waals surface area (Å²) in [6.45, 7) is 2.50. The molecule has 0 heterocycles. The molecule has 1 rings (SSSR count). The Morgan fingerprint density at radius 3 is 2.82 bits per heavy atom. The lowest BCUT2D eigenvalue weighted by Gasteiger charge is -2.12. The summed E-state index contributed by atoms with van der Waals surface area (Å²) < 4.78 is 18.5. The number of rotatable bonds is 5. The predicted molar refractivity (Wildman–Crippen MR) is 64.5 cm³/mol. The number of nitrogens with zero attached hydrogens (tertiary/aromatic N) is 1. The van der Waals surface area contributed by atoms with Crippen LogP contribution in [0.4, 0.5) is 10.1 Å². The van der Waals surface area contributed by atoms with Crippen molar-refractivity contribution < 1.29 is 14.1 Å². The van der Waals surface area contributed by atoms with E-state index < -0.39 is 16.4 Å². The van der Waals surface area contributed by atoms with Gasteiger partial charge in [-0.1, -0.05) is 6.92 Å². The molecule has 0 aromatic heterocycles. The topological polar surface area (TPSA) is 78.4 Å². The van der Waals surface area contributed by atoms with Crippen LogP contribution in [0.1, 0.15) is 6.92 Å². The SMILES string of the molecule is CC(CN)COc1c(Br)cc(F)cc1[N+](=O)[O-]. The summed E-state index contributed by atoms with van der Waals surface area (Å²) in [4.78, 5) is 10.1. The van der Waals surface area contributed by atoms with Crippen molar-refractivity contribution >= 4 is 21.6 Å². The maximum absolute atomic E-state index is 13.0. The largest absolute Gasteiger partial charge is 0.486 e. The molecule has 0 aliphatic heterocycles. The van der Waals surface area contributed by atoms with Gasteiger partial charge in [0, 0.05) is 5.92 Å². The maximum Gasteiger partial charge on any atom is 0.315 e. The number of ether oxygens (including phenoxy) is 1. The molecule has 1 unspecified atom stereocenters. The second kappa shape index (κ2) is 5.92. The monoisotopic (exact) mass is 306 g/mol. The van der Waals surface area contributed by atoms with Gasteiger partial charge in [0.05, 0.1) is 22.1 Å². The van der Waals surface area contributed by atoms with E-state index in [0.29, 0.717) is 6.54 Å². The predicted octanol–water partition coefficient (Wildman–Crippen LogP) is 2.47. The van der Waals surface area contributed by atoms with Gasteiger partial charge in [0.2, 0.25) is 5.75 Å². The Bertz CT molecular complexity index is 428. The van der Waals surface area contributed by atoms with Crippen LogP contribution in [0.15, 0.2) is 16.6 Å². The van der Waals surface area contributed by atoms with Crippen LogP contribution in [0.5, 0.6) is 5.75 Å². The molecular weight excluding hydrogens is 295 g/mol. The van der Waals surface area contributed by atoms with Crippen LogP contribution < -0.4 is 10.5 Å². The highest BCUT2D eigenvalue weighted by molar-refractivity contribution is 9.10. The van der Waals surface area contributed by atoms with E-state index in [0.717, 1.165) is 12.1 Å². The summed E-state index contributed by atoms with van der Waals surface area (Å²) >= 11 is 3.04. The van der Waals surface area contributed by atoms with Gasteiger partial charge in [-0.3, -0.25) is 10.1 Å². The summed E-state index contributed by atoms with van der Waals surface area (Å²) in [6, 6.07) is 1.95. The number of nitrogens with two attached hydrogens (primary N) is 1. The molecule has 1 aromatic rings. The zero-order valence-corrected chi connectivity index (χ0v) is 10.7. The highest BCUT2D eigenvalue weighted by Gasteiger charge is 2.21. The van der Waals surface area contributed by atoms with Gasteiger partial charge in [-0.2, -0.15) is 0 Å². The Hall–Kier alpha value is -1.21. The molecule has 17 heavy (non-hydrogen) atoms. The Labute approximate surface area is 106 Å². The molecule has 0 bridgehead atoms. The Kier molecular flexibility index (Phi) is 4.83. The lowest BCUT2D eigenvalue weighted by Crippen LogP contribution is -2.18. The Morgan fingerprint density at radius 2 is 2.29 bits per heavy atom. The van der Waals surface area contributed by atoms with Crippen LogP contribution in [0.25, 0.3) is 0 Å². The van der Waals surface area contributed by atoms with Crippen molar-refractivity contribution in [3.63, 3.8) is 0 Å². The Morgan fingerprint density at radius 1 is 1.65 bits per heavy atom. The third-order valence-corrected chi connectivity index (χ3v) is 2.69. The van der Waals surface area contributed by atoms with Gasteiger partial charge in [0.15, 0.2) is 0 Å². The van der Waals surface area contributed by atoms with Crippen molar-refractivity contribution in [1.29, 1.82) is 0 Å². The normalized spacial score (nSPS) is 12.2. The fourth-order valence-electron chi connectivity index (χ4n) is 1.12. The van der Waals surface area contributed by atoms with Crippen molar-refractivity contribution in [3.05, 3.63) is 32.5 Å². The molecule has 0 aliphatic carbocycles. The Balaban J connectivity index is 3.00. The molecule has 0 saturated carbocycles. The number of benzene rings is 1. The summed E-state index contributed by atoms with van der Waals surface area (Å²) in [5, 5.41) is 10.8. The van der Waals surface area contributed by atoms with Crippen molar-refractivity contribution in [2.75, 3.05) is 13.2 Å². The van der Waals surface area contributed by atoms with Crippen LogP contribution >= 0.6 is 15.9 Å². The first-order valence-electron chi connectivity index (χ1n) is 4.92. The summed E-state index contributed by atoms with van der Waals surface area (Å²) in [5.41, 5.74) is 5.01. The molecule has 0 radical (unpaired) electrons. The summed E-state index contributed by atoms with van der Waals surface area (Å²) in [7, 11) is 0. The van der Waals surface area contributed by atoms with Gasteiger partial charge in [-0.25, -0.2) is 4.39 Å². The zero-order chi connectivity index (χ0) is 13.0. The van der Waals surface area contributed by atoms with Crippen LogP contribution in [0, 0.1) is 21.8 Å². The van der Waals surface area contributed by atoms with Gasteiger partial charge in [0.25, 0.3) is 0 Å². The molecule has 0 saturated heterocycles. The molecule has 2 N–H and O–H groups in total. The van der Waals surface area contributed by atoms with Crippen LogP contribution in [0.2, 0.25) is 0 Å². The van der Waals surface area contributed by atoms with E-state index in [9.17, 15) is 14.5 Å². The molecule has 1 atom stereocenters. The van der Waals surface area contributed by atoms with E-state index in [4.69, 9.17) is 10.5 Å². The van der Waals surface area contributed by atoms with E-state index in [-0.39, 0.29) is 22.7 Å². The third kappa shape index (κ3) is 3.64. The molecular formula is C10H12BrFN2O3. The first kappa shape index (κ1) is 13.9. The number of nitro benzene ring substituents is 1. The van der Waals surface area contributed by atoms with E-state index in [1.807, 2.05) is 6.92 Å². The van der Waals surface area contributed by atoms with E-state index in [1.165, 1.54) is 0 Å². The van der Waals surface area contributed by atoms with Crippen LogP contribution in [-0.4, -0.2) is 18.1 Å². The highest BCUT2D eigenvalue weighted by Crippen LogP contribution is 2.36. The number of hydrogen-bond donors (Lipinski definition) is 1. The lowest BCUT2D eigenvalue weighted by atomic mass is 10.2. The van der Waals surface area contributed by atoms with Crippen molar-refractivity contribution in [1.82, 2.24) is 0 Å². The van der Waals surface area contributed by atoms with Gasteiger partial charge in [0.1, 0.15) is 5.82 Å². The minimum Gasteiger partial charge on any atom is -0.486 e. The van der Waals surface area contributed by atoms with E-state index in [2.05, 4.69) is 15.9 Å². The minimum atomic E-state index is -0.692. The fourth-order valence-corrected chi connectivity index (χ4v) is 1.66. The molecule has 0 aliphatic rings. The summed E-state index contributed by atoms with van der Waals surface area (Å²) in [5.74, 6) is -0.606. The summed E-state index contributed by atoms with van der Waals surface area (Å²) in [6.07, 6.45) is 0. The van der Waals surface area contributed by atoms with E-state index >= 15 is 0 Å². The first-order valence-corrected chi connectivity index (χ1v) is 5.71. The molecule has 1 aromatic carbocycles. The second-order valence-electron chi connectivity index (χ2n) is 3.64. The zero-order valence-electron chi connectivity index (χ0n) is 9.15. The van der Waals surface area contributed by atoms with Gasteiger partial charge in [-0.05, 0) is 28.5 Å². The molecule has 0 fully saturated rings. The van der Waals surface area contributed by atoms with E-state index in [1.54, 1.807) is 0 Å². The molecule has 7 heteroatoms. The van der Waals surface area contributed by atoms with Crippen molar-refractivity contribution in [2.24, 2.45) is 11.7 Å². The van der Waals surface area contributed by atoms with Gasteiger partial charge in [-0.15, -0.1) is 0 Å². The lowest BCUT2D eigenvalue weighted by molar-refractivity contribution is -0.386. The maximum atomic E-state index is 13.0. The van der Waals surface area contributed by atoms with Gasteiger partial charge >= 0.3 is 5.69 Å². The molecule has 0 spiro atoms. The third-order valence-electron chi connectivity index (χ3n) is 2.10. The average molecular weight is 307 g/mol. The van der Waals surface area contributed by atoms with Crippen LogP contribution in [-0.2, 0) is 0 Å². The molecule has 94 valence electrons. The number of hydrogen-bond acceptors (Lipinski definition) is 4. The van der Waals surface area contributed by atoms with Gasteiger partial charge < -0.3 is 10.5 Å². The minimum absolute atomic E-state index is 0.0247. The number of nitro groups is 1. The standard InChI is InChI=1S/C10H12BrFN2O3/c1-6(4-13)5-17-10-8(11)2-7(12)3-9(10)14(15)16/h2-3,6H,4-5,13H2,1H3. The second-order valence-corrected chi connectivity index (χ2v) is 4.50. The highest BCUT2D eigenvalue weighted by atomic mass is 79.9.